The molecule has 2 aliphatic rings. The summed E-state index contributed by atoms with van der Waals surface area (Å²) < 4.78 is 7.45. The Kier molecular flexibility index (Phi) is 8.15. The Morgan fingerprint density at radius 1 is 1.38 bits per heavy atom. The number of piperidine rings is 1. The first-order chi connectivity index (χ1) is 15.3. The molecular formula is C23H30N4O3S2. The zero-order chi connectivity index (χ0) is 23.4. The second kappa shape index (κ2) is 10.6. The van der Waals surface area contributed by atoms with Crippen molar-refractivity contribution < 1.29 is 9.53 Å². The lowest BCUT2D eigenvalue weighted by Crippen LogP contribution is -2.39. The van der Waals surface area contributed by atoms with Crippen LogP contribution in [-0.2, 0) is 16.6 Å². The van der Waals surface area contributed by atoms with Crippen molar-refractivity contribution >= 4 is 46.1 Å². The van der Waals surface area contributed by atoms with Crippen LogP contribution in [0.15, 0.2) is 9.70 Å². The van der Waals surface area contributed by atoms with E-state index in [1.807, 2.05) is 13.0 Å². The third-order valence-corrected chi connectivity index (χ3v) is 7.33. The minimum absolute atomic E-state index is 0.111. The second-order valence-electron chi connectivity index (χ2n) is 8.29. The summed E-state index contributed by atoms with van der Waals surface area (Å²) >= 11 is 6.73. The molecule has 0 radical (unpaired) electrons. The quantitative estimate of drug-likeness (QED) is 0.340. The van der Waals surface area contributed by atoms with Crippen LogP contribution in [0, 0.1) is 24.2 Å². The van der Waals surface area contributed by atoms with Crippen molar-refractivity contribution in [3.63, 3.8) is 0 Å². The molecule has 0 aromatic carbocycles. The Bertz CT molecular complexity index is 1040. The van der Waals surface area contributed by atoms with Gasteiger partial charge < -0.3 is 9.64 Å². The van der Waals surface area contributed by atoms with E-state index in [-0.39, 0.29) is 17.0 Å². The lowest BCUT2D eigenvalue weighted by atomic mass is 9.98. The van der Waals surface area contributed by atoms with Gasteiger partial charge in [0, 0.05) is 45.5 Å². The van der Waals surface area contributed by atoms with Gasteiger partial charge in [0.15, 0.2) is 0 Å². The summed E-state index contributed by atoms with van der Waals surface area (Å²) in [4.78, 5) is 30.3. The SMILES string of the molecule is CCOCCCN1C(=O)/C(=C\c2c(C)c(C#N)c(=O)n(C)c2N2CCCC(C)C2)SC1=S. The molecule has 1 aromatic heterocycles. The van der Waals surface area contributed by atoms with Crippen LogP contribution in [0.1, 0.15) is 49.8 Å². The molecule has 0 N–H and O–H groups in total. The lowest BCUT2D eigenvalue weighted by Gasteiger charge is -2.35. The van der Waals surface area contributed by atoms with Gasteiger partial charge in [-0.2, -0.15) is 5.26 Å². The molecule has 3 rings (SSSR count). The molecule has 32 heavy (non-hydrogen) atoms. The number of ether oxygens (including phenoxy) is 1. The summed E-state index contributed by atoms with van der Waals surface area (Å²) in [5.41, 5.74) is 1.15. The number of nitriles is 1. The third-order valence-electron chi connectivity index (χ3n) is 5.95. The minimum Gasteiger partial charge on any atom is -0.382 e. The predicted molar refractivity (Wildman–Crippen MR) is 133 cm³/mol. The van der Waals surface area contributed by atoms with Gasteiger partial charge in [0.2, 0.25) is 0 Å². The van der Waals surface area contributed by atoms with Crippen molar-refractivity contribution in [2.75, 3.05) is 37.7 Å². The van der Waals surface area contributed by atoms with E-state index in [9.17, 15) is 14.9 Å². The van der Waals surface area contributed by atoms with Crippen LogP contribution in [0.25, 0.3) is 6.08 Å². The van der Waals surface area contributed by atoms with E-state index in [4.69, 9.17) is 17.0 Å². The van der Waals surface area contributed by atoms with Crippen LogP contribution < -0.4 is 10.5 Å². The van der Waals surface area contributed by atoms with E-state index >= 15 is 0 Å². The number of anilines is 1. The predicted octanol–water partition coefficient (Wildman–Crippen LogP) is 3.43. The molecule has 3 heterocycles. The maximum Gasteiger partial charge on any atom is 0.270 e. The Morgan fingerprint density at radius 2 is 2.12 bits per heavy atom. The Morgan fingerprint density at radius 3 is 2.78 bits per heavy atom. The first kappa shape index (κ1) is 24.5. The van der Waals surface area contributed by atoms with Gasteiger partial charge in [-0.25, -0.2) is 0 Å². The van der Waals surface area contributed by atoms with Crippen molar-refractivity contribution in [2.45, 2.75) is 40.0 Å². The highest BCUT2D eigenvalue weighted by Crippen LogP contribution is 2.36. The van der Waals surface area contributed by atoms with E-state index in [2.05, 4.69) is 17.9 Å². The first-order valence-electron chi connectivity index (χ1n) is 11.0. The van der Waals surface area contributed by atoms with Crippen LogP contribution in [0.4, 0.5) is 5.82 Å². The topological polar surface area (TPSA) is 78.6 Å². The number of nitrogens with zero attached hydrogens (tertiary/aromatic N) is 4. The zero-order valence-corrected chi connectivity index (χ0v) is 20.8. The Labute approximate surface area is 199 Å². The van der Waals surface area contributed by atoms with Gasteiger partial charge in [-0.15, -0.1) is 0 Å². The molecule has 1 atom stereocenters. The van der Waals surface area contributed by atoms with Gasteiger partial charge >= 0.3 is 0 Å². The maximum absolute atomic E-state index is 13.1. The molecule has 0 spiro atoms. The summed E-state index contributed by atoms with van der Waals surface area (Å²) in [6.45, 7) is 9.32. The number of hydrogen-bond acceptors (Lipinski definition) is 7. The molecule has 172 valence electrons. The standard InChI is InChI=1S/C23H30N4O3S2/c1-5-30-11-7-10-27-22(29)19(32-23(27)31)12-17-16(3)18(13-24)21(28)25(4)20(17)26-9-6-8-15(2)14-26/h12,15H,5-11,14H2,1-4H3/b19-12+. The van der Waals surface area contributed by atoms with Gasteiger partial charge in [-0.1, -0.05) is 30.9 Å². The van der Waals surface area contributed by atoms with Gasteiger partial charge in [0.1, 0.15) is 21.8 Å². The number of carbonyl (C=O) groups is 1. The van der Waals surface area contributed by atoms with Crippen LogP contribution in [0.3, 0.4) is 0 Å². The molecule has 2 aliphatic heterocycles. The number of carbonyl (C=O) groups excluding carboxylic acids is 1. The van der Waals surface area contributed by atoms with Crippen molar-refractivity contribution in [1.82, 2.24) is 9.47 Å². The van der Waals surface area contributed by atoms with Crippen LogP contribution in [-0.4, -0.2) is 52.5 Å². The van der Waals surface area contributed by atoms with Crippen molar-refractivity contribution in [2.24, 2.45) is 13.0 Å². The van der Waals surface area contributed by atoms with Gasteiger partial charge in [-0.05, 0) is 50.7 Å². The number of pyridine rings is 1. The van der Waals surface area contributed by atoms with E-state index in [1.165, 1.54) is 11.8 Å². The molecule has 9 heteroatoms. The van der Waals surface area contributed by atoms with Crippen molar-refractivity contribution in [1.29, 1.82) is 5.26 Å². The average molecular weight is 475 g/mol. The van der Waals surface area contributed by atoms with E-state index in [0.717, 1.165) is 37.3 Å². The number of aromatic nitrogens is 1. The summed E-state index contributed by atoms with van der Waals surface area (Å²) in [6.07, 6.45) is 4.71. The van der Waals surface area contributed by atoms with E-state index < -0.39 is 0 Å². The van der Waals surface area contributed by atoms with Gasteiger partial charge in [0.25, 0.3) is 11.5 Å². The fraction of sp³-hybridized carbons (Fsp3) is 0.565. The smallest absolute Gasteiger partial charge is 0.270 e. The highest BCUT2D eigenvalue weighted by atomic mass is 32.2. The van der Waals surface area contributed by atoms with Crippen molar-refractivity contribution in [3.8, 4) is 6.07 Å². The summed E-state index contributed by atoms with van der Waals surface area (Å²) in [5.74, 6) is 1.13. The molecule has 1 amide bonds. The molecule has 2 saturated heterocycles. The third kappa shape index (κ3) is 4.92. The van der Waals surface area contributed by atoms with Gasteiger partial charge in [0.05, 0.1) is 4.91 Å². The Balaban J connectivity index is 2.03. The summed E-state index contributed by atoms with van der Waals surface area (Å²) in [6, 6.07) is 2.05. The number of thioether (sulfide) groups is 1. The van der Waals surface area contributed by atoms with Crippen molar-refractivity contribution in [3.05, 3.63) is 31.9 Å². The largest absolute Gasteiger partial charge is 0.382 e. The lowest BCUT2D eigenvalue weighted by molar-refractivity contribution is -0.122. The number of thiocarbonyl (C=S) groups is 1. The molecule has 0 bridgehead atoms. The highest BCUT2D eigenvalue weighted by molar-refractivity contribution is 8.26. The maximum atomic E-state index is 13.1. The zero-order valence-electron chi connectivity index (χ0n) is 19.1. The van der Waals surface area contributed by atoms with Gasteiger partial charge in [-0.3, -0.25) is 19.1 Å². The van der Waals surface area contributed by atoms with E-state index in [1.54, 1.807) is 23.4 Å². The number of hydrogen-bond donors (Lipinski definition) is 0. The molecule has 0 saturated carbocycles. The first-order valence-corrected chi connectivity index (χ1v) is 12.2. The van der Waals surface area contributed by atoms with Crippen LogP contribution >= 0.6 is 24.0 Å². The fourth-order valence-electron chi connectivity index (χ4n) is 4.27. The number of amides is 1. The normalized spacial score (nSPS) is 20.3. The summed E-state index contributed by atoms with van der Waals surface area (Å²) in [7, 11) is 1.70. The second-order valence-corrected chi connectivity index (χ2v) is 9.97. The summed E-state index contributed by atoms with van der Waals surface area (Å²) in [5, 5.41) is 9.62. The molecule has 7 nitrogen and oxygen atoms in total. The van der Waals surface area contributed by atoms with Crippen LogP contribution in [0.2, 0.25) is 0 Å². The average Bonchev–Trinajstić information content (AvgIpc) is 3.02. The number of rotatable bonds is 7. The monoisotopic (exact) mass is 474 g/mol. The van der Waals surface area contributed by atoms with E-state index in [0.29, 0.717) is 46.9 Å². The molecule has 1 unspecified atom stereocenters. The molecular weight excluding hydrogens is 444 g/mol. The fourth-order valence-corrected chi connectivity index (χ4v) is 5.56. The molecule has 1 aromatic rings. The highest BCUT2D eigenvalue weighted by Gasteiger charge is 2.33. The van der Waals surface area contributed by atoms with Crippen LogP contribution in [0.5, 0.6) is 0 Å². The molecule has 0 aliphatic carbocycles. The molecule has 2 fully saturated rings. The minimum atomic E-state index is -0.307. The Hall–Kier alpha value is -2.15.